The first-order valence-electron chi connectivity index (χ1n) is 8.62. The molecule has 0 aliphatic rings. The smallest absolute Gasteiger partial charge is 0.345 e. The van der Waals surface area contributed by atoms with Gasteiger partial charge in [-0.25, -0.2) is 4.68 Å². The average Bonchev–Trinajstić information content (AvgIpc) is 3.03. The number of hydrogen-bond donors (Lipinski definition) is 1. The standard InChI is InChI=1S/C20H19F3N4O/c1-12-7-8-15(10-24-12)19(28)26-13(2)18-11-25-27(14(18)3)17-6-4-5-16(9-17)20(21,22)23/h4-11,13H,1-3H3,(H,26,28). The molecule has 0 aliphatic carbocycles. The van der Waals surface area contributed by atoms with Gasteiger partial charge in [0.15, 0.2) is 0 Å². The van der Waals surface area contributed by atoms with Crippen molar-refractivity contribution in [3.63, 3.8) is 0 Å². The summed E-state index contributed by atoms with van der Waals surface area (Å²) < 4.78 is 40.3. The van der Waals surface area contributed by atoms with Gasteiger partial charge < -0.3 is 5.32 Å². The number of alkyl halides is 3. The lowest BCUT2D eigenvalue weighted by atomic mass is 10.1. The molecule has 0 fully saturated rings. The molecule has 0 saturated heterocycles. The Kier molecular flexibility index (Phi) is 5.22. The van der Waals surface area contributed by atoms with Crippen LogP contribution in [0.5, 0.6) is 0 Å². The number of nitrogens with one attached hydrogen (secondary N) is 1. The van der Waals surface area contributed by atoms with Gasteiger partial charge in [0.25, 0.3) is 5.91 Å². The molecule has 1 N–H and O–H groups in total. The van der Waals surface area contributed by atoms with E-state index in [1.54, 1.807) is 38.2 Å². The van der Waals surface area contributed by atoms with Gasteiger partial charge in [0.1, 0.15) is 0 Å². The summed E-state index contributed by atoms with van der Waals surface area (Å²) in [6.45, 7) is 5.37. The number of nitrogens with zero attached hydrogens (tertiary/aromatic N) is 3. The fourth-order valence-corrected chi connectivity index (χ4v) is 2.88. The molecule has 0 spiro atoms. The minimum absolute atomic E-state index is 0.286. The van der Waals surface area contributed by atoms with Crippen molar-refractivity contribution in [2.45, 2.75) is 33.0 Å². The summed E-state index contributed by atoms with van der Waals surface area (Å²) in [5.41, 5.74) is 2.16. The van der Waals surface area contributed by atoms with Crippen molar-refractivity contribution in [3.05, 3.63) is 76.9 Å². The molecular weight excluding hydrogens is 369 g/mol. The Morgan fingerprint density at radius 1 is 1.14 bits per heavy atom. The van der Waals surface area contributed by atoms with Gasteiger partial charge in [-0.15, -0.1) is 0 Å². The summed E-state index contributed by atoms with van der Waals surface area (Å²) in [6.07, 6.45) is -1.38. The SMILES string of the molecule is Cc1ccc(C(=O)NC(C)c2cnn(-c3cccc(C(F)(F)F)c3)c2C)cn1. The second-order valence-electron chi connectivity index (χ2n) is 6.53. The minimum atomic E-state index is -4.43. The maximum Gasteiger partial charge on any atom is 0.416 e. The third kappa shape index (κ3) is 4.05. The molecule has 2 heterocycles. The number of amides is 1. The number of carbonyl (C=O) groups is 1. The Morgan fingerprint density at radius 2 is 1.89 bits per heavy atom. The molecule has 3 aromatic rings. The molecule has 5 nitrogen and oxygen atoms in total. The fraction of sp³-hybridized carbons (Fsp3) is 0.250. The third-order valence-electron chi connectivity index (χ3n) is 4.45. The molecule has 146 valence electrons. The topological polar surface area (TPSA) is 59.8 Å². The Hall–Kier alpha value is -3.16. The molecule has 1 amide bonds. The molecule has 8 heteroatoms. The molecule has 2 aromatic heterocycles. The average molecular weight is 388 g/mol. The Labute approximate surface area is 160 Å². The maximum absolute atomic E-state index is 13.0. The van der Waals surface area contributed by atoms with Crippen LogP contribution in [0.1, 0.15) is 45.8 Å². The van der Waals surface area contributed by atoms with Crippen molar-refractivity contribution >= 4 is 5.91 Å². The molecule has 1 unspecified atom stereocenters. The Morgan fingerprint density at radius 3 is 2.54 bits per heavy atom. The highest BCUT2D eigenvalue weighted by molar-refractivity contribution is 5.94. The summed E-state index contributed by atoms with van der Waals surface area (Å²) in [7, 11) is 0. The number of halogens is 3. The van der Waals surface area contributed by atoms with E-state index in [0.29, 0.717) is 22.5 Å². The molecule has 0 aliphatic heterocycles. The van der Waals surface area contributed by atoms with E-state index in [0.717, 1.165) is 17.8 Å². The van der Waals surface area contributed by atoms with Crippen molar-refractivity contribution in [2.75, 3.05) is 0 Å². The molecule has 0 saturated carbocycles. The number of carbonyl (C=O) groups excluding carboxylic acids is 1. The number of pyridine rings is 1. The summed E-state index contributed by atoms with van der Waals surface area (Å²) in [5.74, 6) is -0.286. The predicted octanol–water partition coefficient (Wildman–Crippen LogP) is 4.39. The van der Waals surface area contributed by atoms with Gasteiger partial charge in [-0.2, -0.15) is 18.3 Å². The lowest BCUT2D eigenvalue weighted by Crippen LogP contribution is -2.27. The van der Waals surface area contributed by atoms with Gasteiger partial charge in [0.2, 0.25) is 0 Å². The first-order chi connectivity index (χ1) is 13.2. The number of aromatic nitrogens is 3. The van der Waals surface area contributed by atoms with Crippen LogP contribution < -0.4 is 5.32 Å². The van der Waals surface area contributed by atoms with E-state index in [-0.39, 0.29) is 11.9 Å². The fourth-order valence-electron chi connectivity index (χ4n) is 2.88. The molecule has 28 heavy (non-hydrogen) atoms. The van der Waals surface area contributed by atoms with Gasteiger partial charge in [-0.05, 0) is 51.1 Å². The Bertz CT molecular complexity index is 993. The van der Waals surface area contributed by atoms with Gasteiger partial charge in [-0.3, -0.25) is 9.78 Å². The van der Waals surface area contributed by atoms with Crippen molar-refractivity contribution < 1.29 is 18.0 Å². The number of benzene rings is 1. The van der Waals surface area contributed by atoms with Crippen molar-refractivity contribution in [1.82, 2.24) is 20.1 Å². The van der Waals surface area contributed by atoms with E-state index in [1.807, 2.05) is 6.92 Å². The Balaban J connectivity index is 1.82. The maximum atomic E-state index is 13.0. The molecular formula is C20H19F3N4O. The van der Waals surface area contributed by atoms with Gasteiger partial charge in [0.05, 0.1) is 29.1 Å². The van der Waals surface area contributed by atoms with Crippen LogP contribution in [0.2, 0.25) is 0 Å². The number of rotatable bonds is 4. The van der Waals surface area contributed by atoms with E-state index in [9.17, 15) is 18.0 Å². The van der Waals surface area contributed by atoms with Crippen LogP contribution in [0.3, 0.4) is 0 Å². The molecule has 0 radical (unpaired) electrons. The molecule has 1 aromatic carbocycles. The van der Waals surface area contributed by atoms with Crippen LogP contribution in [0.25, 0.3) is 5.69 Å². The van der Waals surface area contributed by atoms with Crippen LogP contribution >= 0.6 is 0 Å². The summed E-state index contributed by atoms with van der Waals surface area (Å²) >= 11 is 0. The second kappa shape index (κ2) is 7.46. The quantitative estimate of drug-likeness (QED) is 0.721. The summed E-state index contributed by atoms with van der Waals surface area (Å²) in [6, 6.07) is 8.01. The van der Waals surface area contributed by atoms with Crippen molar-refractivity contribution in [1.29, 1.82) is 0 Å². The van der Waals surface area contributed by atoms with Crippen molar-refractivity contribution in [3.8, 4) is 5.69 Å². The first-order valence-corrected chi connectivity index (χ1v) is 8.62. The van der Waals surface area contributed by atoms with E-state index in [2.05, 4.69) is 15.4 Å². The second-order valence-corrected chi connectivity index (χ2v) is 6.53. The highest BCUT2D eigenvalue weighted by Gasteiger charge is 2.30. The van der Waals surface area contributed by atoms with E-state index >= 15 is 0 Å². The number of hydrogen-bond acceptors (Lipinski definition) is 3. The minimum Gasteiger partial charge on any atom is -0.345 e. The zero-order valence-electron chi connectivity index (χ0n) is 15.6. The number of aryl methyl sites for hydroxylation is 1. The molecule has 0 bridgehead atoms. The van der Waals surface area contributed by atoms with Crippen LogP contribution in [0.15, 0.2) is 48.8 Å². The molecule has 1 atom stereocenters. The highest BCUT2D eigenvalue weighted by Crippen LogP contribution is 2.31. The monoisotopic (exact) mass is 388 g/mol. The van der Waals surface area contributed by atoms with Crippen LogP contribution in [-0.4, -0.2) is 20.7 Å². The first kappa shape index (κ1) is 19.6. The van der Waals surface area contributed by atoms with E-state index < -0.39 is 11.7 Å². The van der Waals surface area contributed by atoms with Crippen LogP contribution in [-0.2, 0) is 6.18 Å². The zero-order valence-corrected chi connectivity index (χ0v) is 15.6. The van der Waals surface area contributed by atoms with Gasteiger partial charge in [-0.1, -0.05) is 6.07 Å². The van der Waals surface area contributed by atoms with Crippen molar-refractivity contribution in [2.24, 2.45) is 0 Å². The lowest BCUT2D eigenvalue weighted by molar-refractivity contribution is -0.137. The van der Waals surface area contributed by atoms with Crippen LogP contribution in [0, 0.1) is 13.8 Å². The largest absolute Gasteiger partial charge is 0.416 e. The normalized spacial score (nSPS) is 12.6. The highest BCUT2D eigenvalue weighted by atomic mass is 19.4. The van der Waals surface area contributed by atoms with E-state index in [1.165, 1.54) is 16.9 Å². The zero-order chi connectivity index (χ0) is 20.5. The van der Waals surface area contributed by atoms with Crippen LogP contribution in [0.4, 0.5) is 13.2 Å². The summed E-state index contributed by atoms with van der Waals surface area (Å²) in [5, 5.41) is 7.07. The third-order valence-corrected chi connectivity index (χ3v) is 4.45. The van der Waals surface area contributed by atoms with E-state index in [4.69, 9.17) is 0 Å². The molecule has 3 rings (SSSR count). The lowest BCUT2D eigenvalue weighted by Gasteiger charge is -2.15. The van der Waals surface area contributed by atoms with Gasteiger partial charge in [0, 0.05) is 23.1 Å². The van der Waals surface area contributed by atoms with Gasteiger partial charge >= 0.3 is 6.18 Å². The summed E-state index contributed by atoms with van der Waals surface area (Å²) in [4.78, 5) is 16.5. The predicted molar refractivity (Wildman–Crippen MR) is 98.2 cm³/mol.